The molecule has 2 aromatic carbocycles. The standard InChI is InChI=1S/C16H12N4O2/c21-19-15-13(11-7-3-1-4-8-11)17-18-14(16(15)20-22)12-9-5-2-6-10-12/h1-10,21H,(H,18,19). The van der Waals surface area contributed by atoms with Crippen LogP contribution in [0.25, 0.3) is 22.5 Å². The lowest BCUT2D eigenvalue weighted by Crippen LogP contribution is -2.00. The summed E-state index contributed by atoms with van der Waals surface area (Å²) in [5.74, 6) is 0. The number of rotatable bonds is 4. The van der Waals surface area contributed by atoms with Crippen molar-refractivity contribution in [3.8, 4) is 22.5 Å². The summed E-state index contributed by atoms with van der Waals surface area (Å²) >= 11 is 0. The number of nitroso groups, excluding NO2 is 1. The summed E-state index contributed by atoms with van der Waals surface area (Å²) in [5.41, 5.74) is 4.26. The van der Waals surface area contributed by atoms with Crippen molar-refractivity contribution in [1.82, 2.24) is 10.2 Å². The maximum Gasteiger partial charge on any atom is 0.163 e. The van der Waals surface area contributed by atoms with Crippen molar-refractivity contribution in [3.05, 3.63) is 65.6 Å². The van der Waals surface area contributed by atoms with Crippen LogP contribution in [0.1, 0.15) is 0 Å². The molecule has 22 heavy (non-hydrogen) atoms. The third-order valence-electron chi connectivity index (χ3n) is 3.25. The van der Waals surface area contributed by atoms with Crippen molar-refractivity contribution in [3.63, 3.8) is 0 Å². The average Bonchev–Trinajstić information content (AvgIpc) is 2.61. The minimum absolute atomic E-state index is 0.0163. The molecule has 3 rings (SSSR count). The van der Waals surface area contributed by atoms with E-state index in [1.54, 1.807) is 12.1 Å². The summed E-state index contributed by atoms with van der Waals surface area (Å²) in [6.07, 6.45) is 0. The monoisotopic (exact) mass is 292 g/mol. The molecule has 0 aliphatic heterocycles. The fraction of sp³-hybridized carbons (Fsp3) is 0. The Morgan fingerprint density at radius 1 is 0.818 bits per heavy atom. The summed E-state index contributed by atoms with van der Waals surface area (Å²) in [6, 6.07) is 18.2. The average molecular weight is 292 g/mol. The van der Waals surface area contributed by atoms with E-state index in [0.717, 1.165) is 5.56 Å². The van der Waals surface area contributed by atoms with Gasteiger partial charge in [0.2, 0.25) is 0 Å². The van der Waals surface area contributed by atoms with E-state index in [1.807, 2.05) is 54.0 Å². The van der Waals surface area contributed by atoms with Crippen molar-refractivity contribution in [1.29, 1.82) is 0 Å². The molecular weight excluding hydrogens is 280 g/mol. The van der Waals surface area contributed by atoms with E-state index < -0.39 is 0 Å². The van der Waals surface area contributed by atoms with E-state index in [0.29, 0.717) is 17.0 Å². The van der Waals surface area contributed by atoms with Crippen LogP contribution in [0.3, 0.4) is 0 Å². The third kappa shape index (κ3) is 2.43. The summed E-state index contributed by atoms with van der Waals surface area (Å²) in [4.78, 5) is 11.3. The Kier molecular flexibility index (Phi) is 3.84. The summed E-state index contributed by atoms with van der Waals surface area (Å²) in [5, 5.41) is 20.7. The lowest BCUT2D eigenvalue weighted by atomic mass is 10.1. The predicted molar refractivity (Wildman–Crippen MR) is 83.8 cm³/mol. The lowest BCUT2D eigenvalue weighted by Gasteiger charge is -2.11. The molecule has 3 aromatic rings. The van der Waals surface area contributed by atoms with Gasteiger partial charge in [-0.15, -0.1) is 15.1 Å². The molecule has 0 radical (unpaired) electrons. The van der Waals surface area contributed by atoms with E-state index in [1.165, 1.54) is 0 Å². The zero-order valence-electron chi connectivity index (χ0n) is 11.5. The van der Waals surface area contributed by atoms with Crippen LogP contribution in [0.2, 0.25) is 0 Å². The Bertz CT molecular complexity index is 792. The van der Waals surface area contributed by atoms with Crippen LogP contribution in [0.4, 0.5) is 11.4 Å². The van der Waals surface area contributed by atoms with Crippen LogP contribution in [0, 0.1) is 4.91 Å². The van der Waals surface area contributed by atoms with Gasteiger partial charge in [0.1, 0.15) is 17.1 Å². The van der Waals surface area contributed by atoms with Gasteiger partial charge in [0.15, 0.2) is 5.69 Å². The van der Waals surface area contributed by atoms with Crippen molar-refractivity contribution in [2.75, 3.05) is 5.48 Å². The van der Waals surface area contributed by atoms with Gasteiger partial charge >= 0.3 is 0 Å². The molecule has 0 saturated carbocycles. The number of hydrogen-bond donors (Lipinski definition) is 2. The molecule has 0 bridgehead atoms. The van der Waals surface area contributed by atoms with Crippen molar-refractivity contribution >= 4 is 11.4 Å². The number of nitrogens with one attached hydrogen (secondary N) is 1. The van der Waals surface area contributed by atoms with Gasteiger partial charge in [0.05, 0.1) is 0 Å². The Morgan fingerprint density at radius 3 is 1.82 bits per heavy atom. The van der Waals surface area contributed by atoms with E-state index in [9.17, 15) is 10.1 Å². The normalized spacial score (nSPS) is 10.2. The Labute approximate surface area is 126 Å². The quantitative estimate of drug-likeness (QED) is 0.560. The molecule has 1 heterocycles. The molecule has 0 fully saturated rings. The van der Waals surface area contributed by atoms with Gasteiger partial charge in [0, 0.05) is 11.1 Å². The second-order valence-corrected chi connectivity index (χ2v) is 4.56. The number of anilines is 1. The van der Waals surface area contributed by atoms with Crippen molar-refractivity contribution in [2.45, 2.75) is 0 Å². The summed E-state index contributed by atoms with van der Waals surface area (Å²) in [7, 11) is 0. The van der Waals surface area contributed by atoms with Crippen LogP contribution in [-0.2, 0) is 0 Å². The summed E-state index contributed by atoms with van der Waals surface area (Å²) in [6.45, 7) is 0. The molecule has 0 atom stereocenters. The van der Waals surface area contributed by atoms with Crippen LogP contribution in [-0.4, -0.2) is 15.4 Å². The minimum atomic E-state index is 0.0163. The zero-order chi connectivity index (χ0) is 15.4. The van der Waals surface area contributed by atoms with E-state index in [4.69, 9.17) is 0 Å². The van der Waals surface area contributed by atoms with E-state index in [2.05, 4.69) is 15.4 Å². The second-order valence-electron chi connectivity index (χ2n) is 4.56. The van der Waals surface area contributed by atoms with Crippen LogP contribution < -0.4 is 5.48 Å². The van der Waals surface area contributed by atoms with Gasteiger partial charge in [-0.25, -0.2) is 0 Å². The summed E-state index contributed by atoms with van der Waals surface area (Å²) < 4.78 is 0. The maximum absolute atomic E-state index is 11.3. The smallest absolute Gasteiger partial charge is 0.163 e. The number of hydrogen-bond acceptors (Lipinski definition) is 6. The first-order valence-corrected chi connectivity index (χ1v) is 6.60. The molecule has 108 valence electrons. The molecule has 2 N–H and O–H groups in total. The molecule has 1 aromatic heterocycles. The second kappa shape index (κ2) is 6.11. The third-order valence-corrected chi connectivity index (χ3v) is 3.25. The molecule has 6 heteroatoms. The van der Waals surface area contributed by atoms with Gasteiger partial charge < -0.3 is 0 Å². The Hall–Kier alpha value is -3.12. The predicted octanol–water partition coefficient (Wildman–Crippen LogP) is 4.01. The molecule has 0 aliphatic carbocycles. The first kappa shape index (κ1) is 13.8. The highest BCUT2D eigenvalue weighted by atomic mass is 16.5. The van der Waals surface area contributed by atoms with Gasteiger partial charge in [-0.05, 0) is 5.18 Å². The van der Waals surface area contributed by atoms with Crippen molar-refractivity contribution in [2.24, 2.45) is 5.18 Å². The van der Waals surface area contributed by atoms with Crippen LogP contribution >= 0.6 is 0 Å². The fourth-order valence-corrected chi connectivity index (χ4v) is 2.21. The molecular formula is C16H12N4O2. The van der Waals surface area contributed by atoms with Gasteiger partial charge in [-0.3, -0.25) is 10.7 Å². The van der Waals surface area contributed by atoms with Crippen LogP contribution in [0.5, 0.6) is 0 Å². The molecule has 0 unspecified atom stereocenters. The topological polar surface area (TPSA) is 87.5 Å². The highest BCUT2D eigenvalue weighted by molar-refractivity contribution is 5.89. The lowest BCUT2D eigenvalue weighted by molar-refractivity contribution is 0.389. The number of aromatic nitrogens is 2. The molecule has 6 nitrogen and oxygen atoms in total. The van der Waals surface area contributed by atoms with Gasteiger partial charge in [-0.1, -0.05) is 60.7 Å². The SMILES string of the molecule is O=Nc1c(-c2ccccc2)nnc(-c2ccccc2)c1NO. The Morgan fingerprint density at radius 2 is 1.32 bits per heavy atom. The number of benzene rings is 2. The van der Waals surface area contributed by atoms with Crippen molar-refractivity contribution < 1.29 is 5.21 Å². The maximum atomic E-state index is 11.3. The fourth-order valence-electron chi connectivity index (χ4n) is 2.21. The highest BCUT2D eigenvalue weighted by Crippen LogP contribution is 2.39. The zero-order valence-corrected chi connectivity index (χ0v) is 11.5. The van der Waals surface area contributed by atoms with Gasteiger partial charge in [0.25, 0.3) is 0 Å². The molecule has 0 aliphatic rings. The molecule has 0 spiro atoms. The van der Waals surface area contributed by atoms with Crippen LogP contribution in [0.15, 0.2) is 65.8 Å². The van der Waals surface area contributed by atoms with Gasteiger partial charge in [-0.2, -0.15) is 0 Å². The largest absolute Gasteiger partial charge is 0.291 e. The molecule has 0 amide bonds. The van der Waals surface area contributed by atoms with E-state index in [-0.39, 0.29) is 11.4 Å². The molecule has 0 saturated heterocycles. The first-order chi connectivity index (χ1) is 10.8. The minimum Gasteiger partial charge on any atom is -0.291 e. The van der Waals surface area contributed by atoms with E-state index >= 15 is 0 Å². The first-order valence-electron chi connectivity index (χ1n) is 6.60. The highest BCUT2D eigenvalue weighted by Gasteiger charge is 2.19. The number of nitrogens with zero attached hydrogens (tertiary/aromatic N) is 3. The Balaban J connectivity index is 2.23.